The predicted octanol–water partition coefficient (Wildman–Crippen LogP) is 6.96. The van der Waals surface area contributed by atoms with Crippen LogP contribution >= 0.6 is 0 Å². The maximum atomic E-state index is 14.2. The average Bonchev–Trinajstić information content (AvgIpc) is 2.73. The van der Waals surface area contributed by atoms with Crippen molar-refractivity contribution < 1.29 is 13.6 Å². The third kappa shape index (κ3) is 4.09. The smallest absolute Gasteiger partial charge is 0.254 e. The molecule has 3 aromatic carbocycles. The van der Waals surface area contributed by atoms with Gasteiger partial charge in [0.05, 0.1) is 0 Å². The van der Waals surface area contributed by atoms with E-state index in [1.807, 2.05) is 18.2 Å². The monoisotopic (exact) mass is 407 g/mol. The normalized spacial score (nSPS) is 19.2. The minimum atomic E-state index is -1.11. The first-order valence-electron chi connectivity index (χ1n) is 10.8. The van der Waals surface area contributed by atoms with Crippen LogP contribution in [0.4, 0.5) is 8.78 Å². The molecular formula is C26H27F2NO. The van der Waals surface area contributed by atoms with Gasteiger partial charge in [-0.25, -0.2) is 8.78 Å². The van der Waals surface area contributed by atoms with Crippen LogP contribution in [0.2, 0.25) is 0 Å². The highest BCUT2D eigenvalue weighted by molar-refractivity contribution is 5.94. The summed E-state index contributed by atoms with van der Waals surface area (Å²) in [5.74, 6) is -1.48. The second-order valence-electron chi connectivity index (χ2n) is 8.51. The lowest BCUT2D eigenvalue weighted by Gasteiger charge is -2.28. The van der Waals surface area contributed by atoms with Crippen LogP contribution < -0.4 is 5.73 Å². The second-order valence-corrected chi connectivity index (χ2v) is 8.51. The molecule has 0 bridgehead atoms. The zero-order valence-corrected chi connectivity index (χ0v) is 17.3. The number of amides is 1. The molecule has 30 heavy (non-hydrogen) atoms. The maximum Gasteiger partial charge on any atom is 0.254 e. The number of primary amides is 1. The fourth-order valence-corrected chi connectivity index (χ4v) is 4.87. The van der Waals surface area contributed by atoms with Crippen LogP contribution in [0.5, 0.6) is 0 Å². The Hall–Kier alpha value is -2.75. The van der Waals surface area contributed by atoms with Crippen molar-refractivity contribution in [1.29, 1.82) is 0 Å². The first-order chi connectivity index (χ1) is 14.5. The minimum absolute atomic E-state index is 0.384. The SMILES string of the molecule is CCC[C@H]1CC[C@H](c2ccc3cc(-c4cc(F)c(C(N)=O)c(F)c4)ccc3c2)CC1. The number of hydrogen-bond acceptors (Lipinski definition) is 1. The van der Waals surface area contributed by atoms with E-state index in [9.17, 15) is 13.6 Å². The molecule has 3 aromatic rings. The summed E-state index contributed by atoms with van der Waals surface area (Å²) in [6.45, 7) is 2.26. The van der Waals surface area contributed by atoms with Crippen molar-refractivity contribution in [2.45, 2.75) is 51.4 Å². The van der Waals surface area contributed by atoms with Gasteiger partial charge in [-0.05, 0) is 83.2 Å². The summed E-state index contributed by atoms with van der Waals surface area (Å²) in [6.07, 6.45) is 7.74. The molecule has 0 radical (unpaired) electrons. The van der Waals surface area contributed by atoms with E-state index in [0.29, 0.717) is 17.0 Å². The molecule has 1 aliphatic carbocycles. The molecule has 2 N–H and O–H groups in total. The summed E-state index contributed by atoms with van der Waals surface area (Å²) < 4.78 is 28.3. The number of nitrogens with two attached hydrogens (primary N) is 1. The van der Waals surface area contributed by atoms with Crippen LogP contribution in [0.15, 0.2) is 48.5 Å². The summed E-state index contributed by atoms with van der Waals surface area (Å²) in [5, 5.41) is 2.15. The minimum Gasteiger partial charge on any atom is -0.365 e. The molecule has 2 nitrogen and oxygen atoms in total. The zero-order valence-electron chi connectivity index (χ0n) is 17.3. The average molecular weight is 408 g/mol. The Morgan fingerprint density at radius 1 is 0.900 bits per heavy atom. The van der Waals surface area contributed by atoms with Gasteiger partial charge < -0.3 is 5.73 Å². The lowest BCUT2D eigenvalue weighted by Crippen LogP contribution is -2.15. The van der Waals surface area contributed by atoms with Gasteiger partial charge in [0.15, 0.2) is 0 Å². The molecule has 0 unspecified atom stereocenters. The summed E-state index contributed by atoms with van der Waals surface area (Å²) in [4.78, 5) is 11.2. The van der Waals surface area contributed by atoms with Crippen LogP contribution in [0, 0.1) is 17.6 Å². The lowest BCUT2D eigenvalue weighted by molar-refractivity contribution is 0.0992. The number of halogens is 2. The van der Waals surface area contributed by atoms with E-state index in [2.05, 4.69) is 25.1 Å². The van der Waals surface area contributed by atoms with Crippen molar-refractivity contribution in [3.05, 3.63) is 71.3 Å². The van der Waals surface area contributed by atoms with Crippen molar-refractivity contribution in [3.63, 3.8) is 0 Å². The third-order valence-corrected chi connectivity index (χ3v) is 6.50. The van der Waals surface area contributed by atoms with Gasteiger partial charge in [-0.3, -0.25) is 4.79 Å². The van der Waals surface area contributed by atoms with E-state index < -0.39 is 23.1 Å². The van der Waals surface area contributed by atoms with Gasteiger partial charge in [0.1, 0.15) is 17.2 Å². The van der Waals surface area contributed by atoms with Crippen molar-refractivity contribution in [1.82, 2.24) is 0 Å². The van der Waals surface area contributed by atoms with Gasteiger partial charge in [0, 0.05) is 0 Å². The van der Waals surface area contributed by atoms with Gasteiger partial charge in [0.2, 0.25) is 0 Å². The van der Waals surface area contributed by atoms with Crippen molar-refractivity contribution in [2.75, 3.05) is 0 Å². The number of benzene rings is 3. The summed E-state index contributed by atoms with van der Waals surface area (Å²) in [6, 6.07) is 14.6. The number of fused-ring (bicyclic) bond motifs is 1. The first kappa shape index (κ1) is 20.5. The fourth-order valence-electron chi connectivity index (χ4n) is 4.87. The molecule has 156 valence electrons. The van der Waals surface area contributed by atoms with E-state index in [1.54, 1.807) is 0 Å². The standard InChI is InChI=1S/C26H27F2NO/c1-2-3-16-4-6-17(7-5-16)18-8-9-20-13-21(11-10-19(20)12-18)22-14-23(27)25(26(29)30)24(28)15-22/h8-17H,2-7H2,1H3,(H2,29,30)/t16-,17-. The van der Waals surface area contributed by atoms with Crippen LogP contribution in [0.1, 0.15) is 67.3 Å². The van der Waals surface area contributed by atoms with E-state index in [1.165, 1.54) is 44.1 Å². The lowest BCUT2D eigenvalue weighted by atomic mass is 9.77. The van der Waals surface area contributed by atoms with Crippen LogP contribution in [-0.4, -0.2) is 5.91 Å². The number of carbonyl (C=O) groups is 1. The van der Waals surface area contributed by atoms with Gasteiger partial charge in [-0.15, -0.1) is 0 Å². The Labute approximate surface area is 176 Å². The highest BCUT2D eigenvalue weighted by Crippen LogP contribution is 2.38. The van der Waals surface area contributed by atoms with Crippen LogP contribution in [0.3, 0.4) is 0 Å². The van der Waals surface area contributed by atoms with E-state index in [4.69, 9.17) is 5.73 Å². The van der Waals surface area contributed by atoms with Crippen LogP contribution in [0.25, 0.3) is 21.9 Å². The second kappa shape index (κ2) is 8.55. The molecule has 1 amide bonds. The largest absolute Gasteiger partial charge is 0.365 e. The first-order valence-corrected chi connectivity index (χ1v) is 10.8. The molecule has 1 fully saturated rings. The molecule has 0 aromatic heterocycles. The third-order valence-electron chi connectivity index (χ3n) is 6.50. The quantitative estimate of drug-likeness (QED) is 0.488. The Bertz CT molecular complexity index is 1060. The fraction of sp³-hybridized carbons (Fsp3) is 0.346. The molecule has 1 aliphatic rings. The van der Waals surface area contributed by atoms with Crippen molar-refractivity contribution >= 4 is 16.7 Å². The van der Waals surface area contributed by atoms with E-state index in [-0.39, 0.29) is 0 Å². The van der Waals surface area contributed by atoms with Crippen molar-refractivity contribution in [3.8, 4) is 11.1 Å². The number of rotatable bonds is 5. The zero-order chi connectivity index (χ0) is 21.3. The van der Waals surface area contributed by atoms with Gasteiger partial charge in [0.25, 0.3) is 5.91 Å². The summed E-state index contributed by atoms with van der Waals surface area (Å²) in [5.41, 5.74) is 6.83. The molecule has 1 saturated carbocycles. The summed E-state index contributed by atoms with van der Waals surface area (Å²) in [7, 11) is 0. The molecule has 0 heterocycles. The predicted molar refractivity (Wildman–Crippen MR) is 117 cm³/mol. The number of hydrogen-bond donors (Lipinski definition) is 1. The van der Waals surface area contributed by atoms with Gasteiger partial charge >= 0.3 is 0 Å². The van der Waals surface area contributed by atoms with Gasteiger partial charge in [-0.2, -0.15) is 0 Å². The Balaban J connectivity index is 1.59. The highest BCUT2D eigenvalue weighted by Gasteiger charge is 2.22. The molecule has 4 heteroatoms. The summed E-state index contributed by atoms with van der Waals surface area (Å²) >= 11 is 0. The Morgan fingerprint density at radius 2 is 1.53 bits per heavy atom. The molecule has 0 atom stereocenters. The topological polar surface area (TPSA) is 43.1 Å². The Kier molecular flexibility index (Phi) is 5.85. The van der Waals surface area contributed by atoms with Crippen LogP contribution in [-0.2, 0) is 0 Å². The van der Waals surface area contributed by atoms with E-state index in [0.717, 1.165) is 28.8 Å². The van der Waals surface area contributed by atoms with Crippen molar-refractivity contribution in [2.24, 2.45) is 11.7 Å². The molecule has 0 aliphatic heterocycles. The van der Waals surface area contributed by atoms with Gasteiger partial charge in [-0.1, -0.05) is 50.1 Å². The Morgan fingerprint density at radius 3 is 2.17 bits per heavy atom. The highest BCUT2D eigenvalue weighted by atomic mass is 19.1. The maximum absolute atomic E-state index is 14.2. The molecule has 0 spiro atoms. The number of carbonyl (C=O) groups excluding carboxylic acids is 1. The molecular weight excluding hydrogens is 380 g/mol. The molecule has 4 rings (SSSR count). The molecule has 0 saturated heterocycles. The van der Waals surface area contributed by atoms with E-state index >= 15 is 0 Å².